The lowest BCUT2D eigenvalue weighted by atomic mass is 9.95. The Hall–Kier alpha value is -2.97. The van der Waals surface area contributed by atoms with Crippen molar-refractivity contribution in [3.05, 3.63) is 92.5 Å². The fraction of sp³-hybridized carbons (Fsp3) is 0.125. The summed E-state index contributed by atoms with van der Waals surface area (Å²) in [6.45, 7) is 2.39. The lowest BCUT2D eigenvalue weighted by molar-refractivity contribution is -0.132. The molecule has 3 aromatic rings. The molecule has 0 bridgehead atoms. The van der Waals surface area contributed by atoms with Gasteiger partial charge in [-0.1, -0.05) is 28.1 Å². The van der Waals surface area contributed by atoms with Gasteiger partial charge in [-0.3, -0.25) is 14.5 Å². The first-order valence-corrected chi connectivity index (χ1v) is 11.4. The summed E-state index contributed by atoms with van der Waals surface area (Å²) < 4.78 is 7.04. The zero-order valence-corrected chi connectivity index (χ0v) is 20.1. The van der Waals surface area contributed by atoms with Crippen LogP contribution in [-0.4, -0.2) is 28.4 Å². The summed E-state index contributed by atoms with van der Waals surface area (Å²) in [4.78, 5) is 31.8. The molecule has 1 atom stereocenters. The number of hydrogen-bond donors (Lipinski definition) is 1. The Labute approximate surface area is 201 Å². The van der Waals surface area contributed by atoms with Gasteiger partial charge in [0.05, 0.1) is 18.2 Å². The lowest BCUT2D eigenvalue weighted by Crippen LogP contribution is -2.30. The maximum absolute atomic E-state index is 13.1. The van der Waals surface area contributed by atoms with Gasteiger partial charge in [0.25, 0.3) is 5.78 Å². The summed E-state index contributed by atoms with van der Waals surface area (Å²) in [6.07, 6.45) is 1.56. The van der Waals surface area contributed by atoms with E-state index in [0.717, 1.165) is 8.95 Å². The number of pyridine rings is 1. The number of benzene rings is 2. The highest BCUT2D eigenvalue weighted by Crippen LogP contribution is 2.42. The standard InChI is InChI=1S/C24H18Br2N2O4/c1-2-32-18-10-5-15(6-11-18)22(29)20-21(14-3-7-16(25)8-4-14)28(24(31)23(20)30)19-12-9-17(26)13-27-19/h3-13,21,29H,2H2,1H3/b22-20+. The van der Waals surface area contributed by atoms with Crippen LogP contribution in [0, 0.1) is 0 Å². The molecule has 1 fully saturated rings. The number of Topliss-reactive ketones (excluding diaryl/α,β-unsaturated/α-hetero) is 1. The van der Waals surface area contributed by atoms with E-state index in [9.17, 15) is 14.7 Å². The number of carbonyl (C=O) groups is 2. The molecule has 0 radical (unpaired) electrons. The van der Waals surface area contributed by atoms with Crippen LogP contribution in [0.5, 0.6) is 5.75 Å². The number of nitrogens with zero attached hydrogens (tertiary/aromatic N) is 2. The van der Waals surface area contributed by atoms with E-state index in [-0.39, 0.29) is 11.3 Å². The number of rotatable bonds is 5. The van der Waals surface area contributed by atoms with Crippen molar-refractivity contribution in [3.8, 4) is 5.75 Å². The van der Waals surface area contributed by atoms with Crippen LogP contribution in [0.2, 0.25) is 0 Å². The minimum atomic E-state index is -0.830. The van der Waals surface area contributed by atoms with Crippen molar-refractivity contribution in [3.63, 3.8) is 0 Å². The molecule has 0 spiro atoms. The van der Waals surface area contributed by atoms with E-state index in [1.54, 1.807) is 54.7 Å². The first-order chi connectivity index (χ1) is 15.4. The number of aliphatic hydroxyl groups is 1. The zero-order chi connectivity index (χ0) is 22.8. The quantitative estimate of drug-likeness (QED) is 0.250. The van der Waals surface area contributed by atoms with Gasteiger partial charge in [-0.05, 0) is 76.9 Å². The van der Waals surface area contributed by atoms with Crippen molar-refractivity contribution >= 4 is 55.1 Å². The van der Waals surface area contributed by atoms with E-state index in [4.69, 9.17) is 4.74 Å². The number of hydrogen-bond acceptors (Lipinski definition) is 5. The highest BCUT2D eigenvalue weighted by molar-refractivity contribution is 9.10. The summed E-state index contributed by atoms with van der Waals surface area (Å²) >= 11 is 6.74. The minimum Gasteiger partial charge on any atom is -0.507 e. The fourth-order valence-corrected chi connectivity index (χ4v) is 4.07. The van der Waals surface area contributed by atoms with Gasteiger partial charge in [0.2, 0.25) is 0 Å². The molecule has 32 heavy (non-hydrogen) atoms. The molecule has 1 aliphatic rings. The number of halogens is 2. The van der Waals surface area contributed by atoms with Gasteiger partial charge in [0.15, 0.2) is 0 Å². The van der Waals surface area contributed by atoms with Crippen molar-refractivity contribution < 1.29 is 19.4 Å². The maximum Gasteiger partial charge on any atom is 0.301 e. The molecule has 1 aromatic heterocycles. The Morgan fingerprint density at radius 3 is 2.25 bits per heavy atom. The summed E-state index contributed by atoms with van der Waals surface area (Å²) in [5.74, 6) is -0.810. The Balaban J connectivity index is 1.88. The van der Waals surface area contributed by atoms with Gasteiger partial charge in [-0.15, -0.1) is 0 Å². The minimum absolute atomic E-state index is 0.00574. The molecular weight excluding hydrogens is 540 g/mol. The van der Waals surface area contributed by atoms with Crippen LogP contribution in [0.1, 0.15) is 24.1 Å². The molecule has 1 saturated heterocycles. The zero-order valence-electron chi connectivity index (χ0n) is 17.0. The van der Waals surface area contributed by atoms with Crippen LogP contribution in [-0.2, 0) is 9.59 Å². The first-order valence-electron chi connectivity index (χ1n) is 9.82. The van der Waals surface area contributed by atoms with E-state index in [2.05, 4.69) is 36.8 Å². The maximum atomic E-state index is 13.1. The smallest absolute Gasteiger partial charge is 0.301 e. The van der Waals surface area contributed by atoms with Gasteiger partial charge in [0.1, 0.15) is 17.3 Å². The highest BCUT2D eigenvalue weighted by atomic mass is 79.9. The lowest BCUT2D eigenvalue weighted by Gasteiger charge is -2.24. The SMILES string of the molecule is CCOc1ccc(/C(O)=C2\C(=O)C(=O)N(c3ccc(Br)cn3)C2c2ccc(Br)cc2)cc1. The fourth-order valence-electron chi connectivity index (χ4n) is 3.57. The normalized spacial score (nSPS) is 17.6. The number of aliphatic hydroxyl groups excluding tert-OH is 1. The van der Waals surface area contributed by atoms with E-state index in [0.29, 0.717) is 29.3 Å². The van der Waals surface area contributed by atoms with Crippen LogP contribution in [0.3, 0.4) is 0 Å². The molecule has 6 nitrogen and oxygen atoms in total. The molecule has 1 amide bonds. The van der Waals surface area contributed by atoms with Crippen molar-refractivity contribution in [1.29, 1.82) is 0 Å². The number of ether oxygens (including phenoxy) is 1. The van der Waals surface area contributed by atoms with E-state index >= 15 is 0 Å². The van der Waals surface area contributed by atoms with E-state index in [1.807, 2.05) is 19.1 Å². The molecule has 1 N–H and O–H groups in total. The third-order valence-electron chi connectivity index (χ3n) is 5.03. The Morgan fingerprint density at radius 1 is 1.00 bits per heavy atom. The molecular formula is C24H18Br2N2O4. The second-order valence-electron chi connectivity index (χ2n) is 7.01. The second-order valence-corrected chi connectivity index (χ2v) is 8.84. The Kier molecular flexibility index (Phi) is 6.43. The largest absolute Gasteiger partial charge is 0.507 e. The number of carbonyl (C=O) groups excluding carboxylic acids is 2. The molecule has 4 rings (SSSR count). The van der Waals surface area contributed by atoms with Gasteiger partial charge in [-0.25, -0.2) is 4.98 Å². The predicted octanol–water partition coefficient (Wildman–Crippen LogP) is 5.63. The number of ketones is 1. The number of amides is 1. The molecule has 2 aromatic carbocycles. The van der Waals surface area contributed by atoms with E-state index < -0.39 is 17.7 Å². The van der Waals surface area contributed by atoms with Crippen molar-refractivity contribution in [2.45, 2.75) is 13.0 Å². The van der Waals surface area contributed by atoms with Crippen LogP contribution < -0.4 is 9.64 Å². The Morgan fingerprint density at radius 2 is 1.66 bits per heavy atom. The first kappa shape index (κ1) is 22.2. The van der Waals surface area contributed by atoms with Gasteiger partial charge in [-0.2, -0.15) is 0 Å². The van der Waals surface area contributed by atoms with Crippen LogP contribution in [0.15, 0.2) is 81.4 Å². The molecule has 8 heteroatoms. The van der Waals surface area contributed by atoms with Crippen molar-refractivity contribution in [2.75, 3.05) is 11.5 Å². The summed E-state index contributed by atoms with van der Waals surface area (Å²) in [7, 11) is 0. The summed E-state index contributed by atoms with van der Waals surface area (Å²) in [6, 6.07) is 16.5. The van der Waals surface area contributed by atoms with Gasteiger partial charge < -0.3 is 9.84 Å². The number of anilines is 1. The summed E-state index contributed by atoms with van der Waals surface area (Å²) in [5.41, 5.74) is 1.09. The molecule has 2 heterocycles. The van der Waals surface area contributed by atoms with Crippen molar-refractivity contribution in [1.82, 2.24) is 4.98 Å². The molecule has 0 aliphatic carbocycles. The molecule has 162 valence electrons. The number of aromatic nitrogens is 1. The monoisotopic (exact) mass is 556 g/mol. The predicted molar refractivity (Wildman–Crippen MR) is 128 cm³/mol. The van der Waals surface area contributed by atoms with Gasteiger partial charge >= 0.3 is 5.91 Å². The molecule has 1 aliphatic heterocycles. The highest BCUT2D eigenvalue weighted by Gasteiger charge is 2.47. The topological polar surface area (TPSA) is 79.7 Å². The second kappa shape index (κ2) is 9.26. The molecule has 1 unspecified atom stereocenters. The third-order valence-corrected chi connectivity index (χ3v) is 6.03. The summed E-state index contributed by atoms with van der Waals surface area (Å²) in [5, 5.41) is 11.1. The van der Waals surface area contributed by atoms with Gasteiger partial charge in [0, 0.05) is 20.7 Å². The van der Waals surface area contributed by atoms with Crippen LogP contribution >= 0.6 is 31.9 Å². The molecule has 0 saturated carbocycles. The van der Waals surface area contributed by atoms with Crippen LogP contribution in [0.25, 0.3) is 5.76 Å². The third kappa shape index (κ3) is 4.20. The van der Waals surface area contributed by atoms with E-state index in [1.165, 1.54) is 4.90 Å². The average molecular weight is 558 g/mol. The Bertz CT molecular complexity index is 1190. The van der Waals surface area contributed by atoms with Crippen molar-refractivity contribution in [2.24, 2.45) is 0 Å². The average Bonchev–Trinajstić information content (AvgIpc) is 3.06. The van der Waals surface area contributed by atoms with Crippen LogP contribution in [0.4, 0.5) is 5.82 Å².